The van der Waals surface area contributed by atoms with E-state index in [0.717, 1.165) is 22.2 Å². The molecule has 6 nitrogen and oxygen atoms in total. The summed E-state index contributed by atoms with van der Waals surface area (Å²) in [5.74, 6) is -0.300. The number of fused-ring (bicyclic) bond motifs is 1. The van der Waals surface area contributed by atoms with Crippen LogP contribution in [0.5, 0.6) is 0 Å². The molecular formula is C14H17N3O3. The molecule has 0 saturated heterocycles. The van der Waals surface area contributed by atoms with Crippen LogP contribution >= 0.6 is 0 Å². The highest BCUT2D eigenvalue weighted by Crippen LogP contribution is 2.21. The standard InChI is InChI=1S/C14H17N3O3/c1-3-20-14(19)17-16-13(18)8-11-9(2)15-12-7-5-4-6-10(11)12/h4-7,15H,3,8H2,1-2H3,(H,16,18)(H,17,19). The molecule has 0 fully saturated rings. The predicted octanol–water partition coefficient (Wildman–Crippen LogP) is 1.80. The van der Waals surface area contributed by atoms with Gasteiger partial charge in [0, 0.05) is 16.6 Å². The van der Waals surface area contributed by atoms with Gasteiger partial charge >= 0.3 is 6.09 Å². The molecule has 1 aromatic heterocycles. The van der Waals surface area contributed by atoms with Gasteiger partial charge in [0.05, 0.1) is 13.0 Å². The normalized spacial score (nSPS) is 10.3. The number of rotatable bonds is 3. The third-order valence-corrected chi connectivity index (χ3v) is 2.94. The molecule has 0 saturated carbocycles. The largest absolute Gasteiger partial charge is 0.449 e. The van der Waals surface area contributed by atoms with E-state index in [4.69, 9.17) is 0 Å². The molecule has 0 unspecified atom stereocenters. The van der Waals surface area contributed by atoms with E-state index in [9.17, 15) is 9.59 Å². The maximum atomic E-state index is 11.8. The fourth-order valence-electron chi connectivity index (χ4n) is 2.06. The SMILES string of the molecule is CCOC(=O)NNC(=O)Cc1c(C)[nH]c2ccccc12. The molecule has 20 heavy (non-hydrogen) atoms. The number of carbonyl (C=O) groups is 2. The Balaban J connectivity index is 2.03. The van der Waals surface area contributed by atoms with Gasteiger partial charge in [-0.1, -0.05) is 18.2 Å². The Kier molecular flexibility index (Phi) is 4.24. The number of hydrogen-bond donors (Lipinski definition) is 3. The Labute approximate surface area is 116 Å². The van der Waals surface area contributed by atoms with Crippen molar-refractivity contribution in [2.24, 2.45) is 0 Å². The Hall–Kier alpha value is -2.50. The number of hydrazine groups is 1. The van der Waals surface area contributed by atoms with Crippen LogP contribution in [0.15, 0.2) is 24.3 Å². The number of amides is 2. The summed E-state index contributed by atoms with van der Waals surface area (Å²) in [7, 11) is 0. The second-order valence-electron chi connectivity index (χ2n) is 4.34. The molecule has 0 bridgehead atoms. The van der Waals surface area contributed by atoms with Crippen molar-refractivity contribution in [2.75, 3.05) is 6.61 Å². The van der Waals surface area contributed by atoms with Gasteiger partial charge in [0.25, 0.3) is 0 Å². The predicted molar refractivity (Wildman–Crippen MR) is 75.0 cm³/mol. The minimum atomic E-state index is -0.670. The van der Waals surface area contributed by atoms with Crippen molar-refractivity contribution in [2.45, 2.75) is 20.3 Å². The van der Waals surface area contributed by atoms with E-state index in [1.54, 1.807) is 6.92 Å². The first-order chi connectivity index (χ1) is 9.61. The lowest BCUT2D eigenvalue weighted by Gasteiger charge is -2.07. The van der Waals surface area contributed by atoms with Crippen LogP contribution in [-0.2, 0) is 16.0 Å². The minimum Gasteiger partial charge on any atom is -0.449 e. The van der Waals surface area contributed by atoms with Gasteiger partial charge in [0.2, 0.25) is 5.91 Å². The van der Waals surface area contributed by atoms with E-state index >= 15 is 0 Å². The molecule has 3 N–H and O–H groups in total. The summed E-state index contributed by atoms with van der Waals surface area (Å²) in [4.78, 5) is 26.1. The number of para-hydroxylation sites is 1. The zero-order valence-corrected chi connectivity index (χ0v) is 11.4. The topological polar surface area (TPSA) is 83.2 Å². The molecule has 6 heteroatoms. The highest BCUT2D eigenvalue weighted by atomic mass is 16.5. The van der Waals surface area contributed by atoms with Crippen molar-refractivity contribution < 1.29 is 14.3 Å². The number of hydrogen-bond acceptors (Lipinski definition) is 3. The molecule has 2 rings (SSSR count). The van der Waals surface area contributed by atoms with Crippen LogP contribution in [-0.4, -0.2) is 23.6 Å². The molecular weight excluding hydrogens is 258 g/mol. The van der Waals surface area contributed by atoms with E-state index in [1.165, 1.54) is 0 Å². The van der Waals surface area contributed by atoms with E-state index in [1.807, 2.05) is 31.2 Å². The summed E-state index contributed by atoms with van der Waals surface area (Å²) >= 11 is 0. The average Bonchev–Trinajstić information content (AvgIpc) is 2.73. The summed E-state index contributed by atoms with van der Waals surface area (Å²) in [6, 6.07) is 7.78. The zero-order chi connectivity index (χ0) is 14.5. The molecule has 2 amide bonds. The number of carbonyl (C=O) groups excluding carboxylic acids is 2. The van der Waals surface area contributed by atoms with E-state index in [2.05, 4.69) is 20.6 Å². The smallest absolute Gasteiger partial charge is 0.426 e. The van der Waals surface area contributed by atoms with Crippen molar-refractivity contribution in [1.29, 1.82) is 0 Å². The van der Waals surface area contributed by atoms with Crippen LogP contribution in [0.4, 0.5) is 4.79 Å². The van der Waals surface area contributed by atoms with Crippen LogP contribution < -0.4 is 10.9 Å². The average molecular weight is 275 g/mol. The number of ether oxygens (including phenoxy) is 1. The monoisotopic (exact) mass is 275 g/mol. The zero-order valence-electron chi connectivity index (χ0n) is 11.4. The molecule has 0 aliphatic carbocycles. The van der Waals surface area contributed by atoms with E-state index in [-0.39, 0.29) is 18.9 Å². The summed E-state index contributed by atoms with van der Waals surface area (Å²) < 4.78 is 4.65. The molecule has 0 spiro atoms. The van der Waals surface area contributed by atoms with Crippen molar-refractivity contribution in [3.63, 3.8) is 0 Å². The summed E-state index contributed by atoms with van der Waals surface area (Å²) in [5.41, 5.74) is 7.37. The second kappa shape index (κ2) is 6.10. The molecule has 1 aromatic carbocycles. The molecule has 0 aliphatic rings. The number of aromatic amines is 1. The lowest BCUT2D eigenvalue weighted by atomic mass is 10.1. The molecule has 0 radical (unpaired) electrons. The van der Waals surface area contributed by atoms with Gasteiger partial charge < -0.3 is 9.72 Å². The molecule has 2 aromatic rings. The molecule has 1 heterocycles. The number of benzene rings is 1. The third-order valence-electron chi connectivity index (χ3n) is 2.94. The second-order valence-corrected chi connectivity index (χ2v) is 4.34. The van der Waals surface area contributed by atoms with Crippen LogP contribution in [0, 0.1) is 6.92 Å². The maximum Gasteiger partial charge on any atom is 0.426 e. The summed E-state index contributed by atoms with van der Waals surface area (Å²) in [6.45, 7) is 3.86. The van der Waals surface area contributed by atoms with Crippen LogP contribution in [0.3, 0.4) is 0 Å². The minimum absolute atomic E-state index is 0.183. The molecule has 0 aliphatic heterocycles. The van der Waals surface area contributed by atoms with Crippen molar-refractivity contribution in [3.05, 3.63) is 35.5 Å². The number of H-pyrrole nitrogens is 1. The maximum absolute atomic E-state index is 11.8. The van der Waals surface area contributed by atoms with Crippen molar-refractivity contribution >= 4 is 22.9 Å². The molecule has 106 valence electrons. The quantitative estimate of drug-likeness (QED) is 0.747. The van der Waals surface area contributed by atoms with Gasteiger partial charge in [-0.15, -0.1) is 0 Å². The fraction of sp³-hybridized carbons (Fsp3) is 0.286. The van der Waals surface area contributed by atoms with Crippen LogP contribution in [0.1, 0.15) is 18.2 Å². The molecule has 0 atom stereocenters. The van der Waals surface area contributed by atoms with E-state index < -0.39 is 6.09 Å². The number of aryl methyl sites for hydroxylation is 1. The lowest BCUT2D eigenvalue weighted by molar-refractivity contribution is -0.121. The number of nitrogens with one attached hydrogen (secondary N) is 3. The summed E-state index contributed by atoms with van der Waals surface area (Å²) in [5, 5.41) is 1.01. The Morgan fingerprint density at radius 2 is 2.00 bits per heavy atom. The third kappa shape index (κ3) is 3.09. The summed E-state index contributed by atoms with van der Waals surface area (Å²) in [6.07, 6.45) is -0.487. The van der Waals surface area contributed by atoms with Crippen molar-refractivity contribution in [3.8, 4) is 0 Å². The lowest BCUT2D eigenvalue weighted by Crippen LogP contribution is -2.42. The number of aromatic nitrogens is 1. The van der Waals surface area contributed by atoms with Gasteiger partial charge in [-0.2, -0.15) is 0 Å². The Bertz CT molecular complexity index is 634. The Morgan fingerprint density at radius 1 is 1.25 bits per heavy atom. The van der Waals surface area contributed by atoms with Crippen molar-refractivity contribution in [1.82, 2.24) is 15.8 Å². The van der Waals surface area contributed by atoms with Gasteiger partial charge in [-0.25, -0.2) is 10.2 Å². The first kappa shape index (κ1) is 13.9. The van der Waals surface area contributed by atoms with Gasteiger partial charge in [-0.3, -0.25) is 10.2 Å². The first-order valence-electron chi connectivity index (χ1n) is 6.39. The van der Waals surface area contributed by atoms with Crippen LogP contribution in [0.2, 0.25) is 0 Å². The first-order valence-corrected chi connectivity index (χ1v) is 6.39. The highest BCUT2D eigenvalue weighted by molar-refractivity contribution is 5.90. The highest BCUT2D eigenvalue weighted by Gasteiger charge is 2.12. The van der Waals surface area contributed by atoms with Gasteiger partial charge in [0.1, 0.15) is 0 Å². The fourth-order valence-corrected chi connectivity index (χ4v) is 2.06. The van der Waals surface area contributed by atoms with E-state index in [0.29, 0.717) is 0 Å². The van der Waals surface area contributed by atoms with Gasteiger partial charge in [-0.05, 0) is 25.5 Å². The van der Waals surface area contributed by atoms with Gasteiger partial charge in [0.15, 0.2) is 0 Å². The van der Waals surface area contributed by atoms with Crippen LogP contribution in [0.25, 0.3) is 10.9 Å². The Morgan fingerprint density at radius 3 is 2.75 bits per heavy atom.